The first-order chi connectivity index (χ1) is 9.77. The third kappa shape index (κ3) is 4.09. The van der Waals surface area contributed by atoms with Crippen molar-refractivity contribution >= 4 is 12.4 Å². The molecule has 102 valence electrons. The largest absolute Gasteiger partial charge is 0.291 e. The van der Waals surface area contributed by atoms with Crippen molar-refractivity contribution in [2.75, 3.05) is 13.1 Å². The lowest BCUT2D eigenvalue weighted by molar-refractivity contribution is 0.625. The molecule has 0 N–H and O–H groups in total. The Balaban J connectivity index is 1.82. The van der Waals surface area contributed by atoms with Crippen molar-refractivity contribution in [2.45, 2.75) is 0 Å². The van der Waals surface area contributed by atoms with Crippen LogP contribution in [0.5, 0.6) is 0 Å². The van der Waals surface area contributed by atoms with E-state index in [0.29, 0.717) is 24.2 Å². The highest BCUT2D eigenvalue weighted by molar-refractivity contribution is 5.80. The molecular formula is C16H14F2N2. The van der Waals surface area contributed by atoms with Crippen molar-refractivity contribution < 1.29 is 8.78 Å². The minimum absolute atomic E-state index is 0.300. The predicted octanol–water partition coefficient (Wildman–Crippen LogP) is 3.50. The molecule has 0 amide bonds. The third-order valence-electron chi connectivity index (χ3n) is 2.63. The molecule has 4 heteroatoms. The van der Waals surface area contributed by atoms with E-state index < -0.39 is 0 Å². The molecule has 0 spiro atoms. The number of rotatable bonds is 5. The molecule has 0 aromatic heterocycles. The Kier molecular flexibility index (Phi) is 5.12. The highest BCUT2D eigenvalue weighted by Crippen LogP contribution is 2.03. The number of aliphatic imine (C=N–C) groups is 2. The van der Waals surface area contributed by atoms with Gasteiger partial charge in [0.05, 0.1) is 13.1 Å². The van der Waals surface area contributed by atoms with Crippen LogP contribution in [0.2, 0.25) is 0 Å². The van der Waals surface area contributed by atoms with Gasteiger partial charge in [-0.1, -0.05) is 36.4 Å². The van der Waals surface area contributed by atoms with E-state index in [4.69, 9.17) is 0 Å². The second kappa shape index (κ2) is 7.28. The number of hydrogen-bond donors (Lipinski definition) is 0. The molecule has 0 atom stereocenters. The summed E-state index contributed by atoms with van der Waals surface area (Å²) in [4.78, 5) is 8.17. The summed E-state index contributed by atoms with van der Waals surface area (Å²) in [7, 11) is 0. The van der Waals surface area contributed by atoms with Crippen LogP contribution in [-0.2, 0) is 0 Å². The molecule has 2 nitrogen and oxygen atoms in total. The van der Waals surface area contributed by atoms with Crippen LogP contribution in [0.15, 0.2) is 58.5 Å². The maximum Gasteiger partial charge on any atom is 0.131 e. The summed E-state index contributed by atoms with van der Waals surface area (Å²) < 4.78 is 26.5. The molecule has 0 heterocycles. The van der Waals surface area contributed by atoms with Crippen LogP contribution in [0.4, 0.5) is 8.78 Å². The van der Waals surface area contributed by atoms with Gasteiger partial charge in [-0.3, -0.25) is 9.98 Å². The van der Waals surface area contributed by atoms with Gasteiger partial charge in [0.15, 0.2) is 0 Å². The zero-order chi connectivity index (χ0) is 14.2. The van der Waals surface area contributed by atoms with E-state index in [-0.39, 0.29) is 11.6 Å². The minimum Gasteiger partial charge on any atom is -0.291 e. The fourth-order valence-corrected chi connectivity index (χ4v) is 1.60. The van der Waals surface area contributed by atoms with E-state index in [9.17, 15) is 8.78 Å². The van der Waals surface area contributed by atoms with Crippen LogP contribution in [-0.4, -0.2) is 25.5 Å². The lowest BCUT2D eigenvalue weighted by Gasteiger charge is -1.95. The van der Waals surface area contributed by atoms with Gasteiger partial charge in [-0.25, -0.2) is 8.78 Å². The summed E-state index contributed by atoms with van der Waals surface area (Å²) in [5.41, 5.74) is 0.899. The average molecular weight is 272 g/mol. The number of nitrogens with zero attached hydrogens (tertiary/aromatic N) is 2. The van der Waals surface area contributed by atoms with Crippen LogP contribution < -0.4 is 0 Å². The Morgan fingerprint density at radius 2 is 1.10 bits per heavy atom. The van der Waals surface area contributed by atoms with E-state index >= 15 is 0 Å². The fraction of sp³-hybridized carbons (Fsp3) is 0.125. The van der Waals surface area contributed by atoms with Crippen LogP contribution in [0.1, 0.15) is 11.1 Å². The molecular weight excluding hydrogens is 258 g/mol. The second-order valence-corrected chi connectivity index (χ2v) is 4.11. The molecule has 0 aliphatic rings. The van der Waals surface area contributed by atoms with Gasteiger partial charge in [-0.15, -0.1) is 0 Å². The van der Waals surface area contributed by atoms with Crippen LogP contribution >= 0.6 is 0 Å². The maximum atomic E-state index is 13.3. The van der Waals surface area contributed by atoms with E-state index in [2.05, 4.69) is 9.98 Å². The molecule has 0 aliphatic heterocycles. The van der Waals surface area contributed by atoms with Crippen molar-refractivity contribution in [1.29, 1.82) is 0 Å². The number of hydrogen-bond acceptors (Lipinski definition) is 2. The summed E-state index contributed by atoms with van der Waals surface area (Å²) in [6, 6.07) is 12.8. The van der Waals surface area contributed by atoms with Gasteiger partial charge >= 0.3 is 0 Å². The summed E-state index contributed by atoms with van der Waals surface area (Å²) >= 11 is 0. The molecule has 2 aromatic rings. The Morgan fingerprint density at radius 1 is 0.700 bits per heavy atom. The monoisotopic (exact) mass is 272 g/mol. The smallest absolute Gasteiger partial charge is 0.131 e. The zero-order valence-electron chi connectivity index (χ0n) is 10.8. The molecule has 0 saturated heterocycles. The van der Waals surface area contributed by atoms with Crippen molar-refractivity contribution in [2.24, 2.45) is 9.98 Å². The first-order valence-electron chi connectivity index (χ1n) is 6.26. The SMILES string of the molecule is Fc1ccccc1C=NCCN=Cc1ccccc1F. The van der Waals surface area contributed by atoms with Gasteiger partial charge in [-0.05, 0) is 12.1 Å². The van der Waals surface area contributed by atoms with Gasteiger partial charge in [0, 0.05) is 23.6 Å². The lowest BCUT2D eigenvalue weighted by atomic mass is 10.2. The van der Waals surface area contributed by atoms with Gasteiger partial charge in [0.1, 0.15) is 11.6 Å². The second-order valence-electron chi connectivity index (χ2n) is 4.11. The van der Waals surface area contributed by atoms with E-state index in [1.54, 1.807) is 36.4 Å². The van der Waals surface area contributed by atoms with E-state index in [0.717, 1.165) is 0 Å². The van der Waals surface area contributed by atoms with Gasteiger partial charge < -0.3 is 0 Å². The topological polar surface area (TPSA) is 24.7 Å². The first-order valence-corrected chi connectivity index (χ1v) is 6.26. The summed E-state index contributed by atoms with van der Waals surface area (Å²) in [5, 5.41) is 0. The summed E-state index contributed by atoms with van der Waals surface area (Å²) in [5.74, 6) is -0.600. The average Bonchev–Trinajstić information content (AvgIpc) is 2.46. The molecule has 0 saturated carbocycles. The Labute approximate surface area is 116 Å². The molecule has 2 aromatic carbocycles. The first kappa shape index (κ1) is 14.1. The Bertz CT molecular complexity index is 566. The Hall–Kier alpha value is -2.36. The number of halogens is 2. The van der Waals surface area contributed by atoms with Crippen LogP contribution in [0.25, 0.3) is 0 Å². The third-order valence-corrected chi connectivity index (χ3v) is 2.63. The Morgan fingerprint density at radius 3 is 1.50 bits per heavy atom. The predicted molar refractivity (Wildman–Crippen MR) is 77.7 cm³/mol. The number of benzene rings is 2. The molecule has 0 unspecified atom stereocenters. The van der Waals surface area contributed by atoms with Crippen LogP contribution in [0, 0.1) is 11.6 Å². The highest BCUT2D eigenvalue weighted by Gasteiger charge is 1.96. The minimum atomic E-state index is -0.300. The normalized spacial score (nSPS) is 11.5. The van der Waals surface area contributed by atoms with Gasteiger partial charge in [-0.2, -0.15) is 0 Å². The fourth-order valence-electron chi connectivity index (χ4n) is 1.60. The molecule has 0 bridgehead atoms. The van der Waals surface area contributed by atoms with Crippen molar-refractivity contribution in [3.63, 3.8) is 0 Å². The van der Waals surface area contributed by atoms with Crippen molar-refractivity contribution in [1.82, 2.24) is 0 Å². The van der Waals surface area contributed by atoms with Crippen molar-refractivity contribution in [3.05, 3.63) is 71.3 Å². The van der Waals surface area contributed by atoms with Gasteiger partial charge in [0.2, 0.25) is 0 Å². The molecule has 2 rings (SSSR count). The molecule has 0 radical (unpaired) electrons. The molecule has 20 heavy (non-hydrogen) atoms. The molecule has 0 fully saturated rings. The standard InChI is InChI=1S/C16H14F2N2/c17-15-7-3-1-5-13(15)11-19-9-10-20-12-14-6-2-4-8-16(14)18/h1-8,11-12H,9-10H2. The van der Waals surface area contributed by atoms with E-state index in [1.165, 1.54) is 24.6 Å². The van der Waals surface area contributed by atoms with Crippen LogP contribution in [0.3, 0.4) is 0 Å². The molecule has 0 aliphatic carbocycles. The maximum absolute atomic E-state index is 13.3. The quantitative estimate of drug-likeness (QED) is 0.588. The lowest BCUT2D eigenvalue weighted by Crippen LogP contribution is -1.93. The highest BCUT2D eigenvalue weighted by atomic mass is 19.1. The van der Waals surface area contributed by atoms with Crippen molar-refractivity contribution in [3.8, 4) is 0 Å². The summed E-state index contributed by atoms with van der Waals surface area (Å²) in [6.45, 7) is 0.860. The van der Waals surface area contributed by atoms with Gasteiger partial charge in [0.25, 0.3) is 0 Å². The summed E-state index contributed by atoms with van der Waals surface area (Å²) in [6.07, 6.45) is 2.96. The van der Waals surface area contributed by atoms with E-state index in [1.807, 2.05) is 0 Å². The zero-order valence-corrected chi connectivity index (χ0v) is 10.8.